The molecule has 1 amide bonds. The quantitative estimate of drug-likeness (QED) is 0.731. The molecule has 3 rings (SSSR count). The zero-order valence-corrected chi connectivity index (χ0v) is 17.6. The highest BCUT2D eigenvalue weighted by molar-refractivity contribution is 7.89. The van der Waals surface area contributed by atoms with Crippen LogP contribution in [-0.4, -0.2) is 65.7 Å². The molecule has 0 radical (unpaired) electrons. The summed E-state index contributed by atoms with van der Waals surface area (Å²) in [5, 5.41) is 10.2. The Bertz CT molecular complexity index is 1000. The third kappa shape index (κ3) is 4.60. The molecule has 9 nitrogen and oxygen atoms in total. The molecule has 1 aromatic heterocycles. The molecule has 0 aliphatic carbocycles. The fourth-order valence-corrected chi connectivity index (χ4v) is 4.95. The zero-order chi connectivity index (χ0) is 21.2. The second-order valence-electron chi connectivity index (χ2n) is 7.85. The molecule has 1 fully saturated rings. The van der Waals surface area contributed by atoms with Gasteiger partial charge in [0, 0.05) is 43.1 Å². The largest absolute Gasteiger partial charge is 0.444 e. The molecule has 0 bridgehead atoms. The molecule has 2 N–H and O–H groups in total. The van der Waals surface area contributed by atoms with E-state index in [4.69, 9.17) is 4.74 Å². The number of carbonyl (C=O) groups excluding carboxylic acids is 1. The predicted molar refractivity (Wildman–Crippen MR) is 108 cm³/mol. The number of pyridine rings is 1. The monoisotopic (exact) mass is 422 g/mol. The predicted octanol–water partition coefficient (Wildman–Crippen LogP) is 2.67. The van der Waals surface area contributed by atoms with Gasteiger partial charge in [0.1, 0.15) is 5.60 Å². The number of amides is 1. The van der Waals surface area contributed by atoms with Crippen molar-refractivity contribution in [2.75, 3.05) is 31.7 Å². The number of anilines is 1. The van der Waals surface area contributed by atoms with E-state index in [1.807, 2.05) is 5.48 Å². The summed E-state index contributed by atoms with van der Waals surface area (Å²) >= 11 is 0. The highest BCUT2D eigenvalue weighted by atomic mass is 32.2. The van der Waals surface area contributed by atoms with Gasteiger partial charge in [-0.15, -0.1) is 0 Å². The topological polar surface area (TPSA) is 112 Å². The third-order valence-electron chi connectivity index (χ3n) is 4.60. The van der Waals surface area contributed by atoms with E-state index in [1.165, 1.54) is 16.6 Å². The van der Waals surface area contributed by atoms with Gasteiger partial charge in [0.15, 0.2) is 5.82 Å². The van der Waals surface area contributed by atoms with Crippen molar-refractivity contribution in [1.82, 2.24) is 14.2 Å². The summed E-state index contributed by atoms with van der Waals surface area (Å²) < 4.78 is 33.5. The van der Waals surface area contributed by atoms with Crippen LogP contribution in [0.5, 0.6) is 0 Å². The van der Waals surface area contributed by atoms with Crippen molar-refractivity contribution in [3.63, 3.8) is 0 Å². The molecule has 0 saturated carbocycles. The van der Waals surface area contributed by atoms with Gasteiger partial charge < -0.3 is 9.64 Å². The fourth-order valence-electron chi connectivity index (χ4n) is 3.27. The number of sulfonamides is 1. The lowest BCUT2D eigenvalue weighted by Gasteiger charge is -2.26. The van der Waals surface area contributed by atoms with Crippen molar-refractivity contribution in [3.8, 4) is 0 Å². The number of ether oxygens (including phenoxy) is 1. The minimum absolute atomic E-state index is 0.139. The fraction of sp³-hybridized carbons (Fsp3) is 0.474. The van der Waals surface area contributed by atoms with Crippen molar-refractivity contribution >= 4 is 32.7 Å². The Morgan fingerprint density at radius 2 is 1.90 bits per heavy atom. The molecule has 1 aromatic carbocycles. The minimum Gasteiger partial charge on any atom is -0.444 e. The number of hydrogen-bond donors (Lipinski definition) is 2. The van der Waals surface area contributed by atoms with Gasteiger partial charge in [-0.2, -0.15) is 4.31 Å². The van der Waals surface area contributed by atoms with E-state index in [0.717, 1.165) is 0 Å². The number of nitrogens with one attached hydrogen (secondary N) is 1. The standard InChI is InChI=1S/C19H26N4O5S/c1-19(2,3)28-18(24)22-10-5-11-23(13-12-22)29(26,27)16-7-4-6-15-14(16)8-9-20-17(15)21-25/h4,6-9,25H,5,10-13H2,1-3H3,(H,20,21). The summed E-state index contributed by atoms with van der Waals surface area (Å²) in [4.78, 5) is 18.0. The Labute approximate surface area is 170 Å². The smallest absolute Gasteiger partial charge is 0.410 e. The Kier molecular flexibility index (Phi) is 5.97. The van der Waals surface area contributed by atoms with Crippen LogP contribution in [-0.2, 0) is 14.8 Å². The van der Waals surface area contributed by atoms with E-state index < -0.39 is 21.7 Å². The normalized spacial score (nSPS) is 16.5. The number of benzene rings is 1. The van der Waals surface area contributed by atoms with Crippen LogP contribution < -0.4 is 5.48 Å². The number of fused-ring (bicyclic) bond motifs is 1. The summed E-state index contributed by atoms with van der Waals surface area (Å²) in [6.07, 6.45) is 1.51. The van der Waals surface area contributed by atoms with Crippen LogP contribution in [0.3, 0.4) is 0 Å². The number of aromatic nitrogens is 1. The summed E-state index contributed by atoms with van der Waals surface area (Å²) in [7, 11) is -3.80. The number of carbonyl (C=O) groups is 1. The van der Waals surface area contributed by atoms with Gasteiger partial charge in [-0.1, -0.05) is 12.1 Å². The van der Waals surface area contributed by atoms with Crippen LogP contribution >= 0.6 is 0 Å². The maximum Gasteiger partial charge on any atom is 0.410 e. The first-order valence-corrected chi connectivity index (χ1v) is 10.8. The Balaban J connectivity index is 1.86. The number of rotatable bonds is 3. The molecular weight excluding hydrogens is 396 g/mol. The molecule has 0 atom stereocenters. The first kappa shape index (κ1) is 21.3. The summed E-state index contributed by atoms with van der Waals surface area (Å²) in [6.45, 7) is 6.55. The van der Waals surface area contributed by atoms with Gasteiger partial charge in [0.05, 0.1) is 4.90 Å². The van der Waals surface area contributed by atoms with Crippen LogP contribution in [0, 0.1) is 0 Å². The molecule has 1 saturated heterocycles. The molecule has 1 aliphatic rings. The molecule has 1 aliphatic heterocycles. The van der Waals surface area contributed by atoms with Crippen LogP contribution in [0.2, 0.25) is 0 Å². The lowest BCUT2D eigenvalue weighted by Crippen LogP contribution is -2.40. The van der Waals surface area contributed by atoms with Crippen LogP contribution in [0.25, 0.3) is 10.8 Å². The van der Waals surface area contributed by atoms with E-state index in [9.17, 15) is 18.4 Å². The molecule has 0 unspecified atom stereocenters. The first-order valence-electron chi connectivity index (χ1n) is 9.39. The number of hydrogen-bond acceptors (Lipinski definition) is 7. The van der Waals surface area contributed by atoms with E-state index in [0.29, 0.717) is 30.3 Å². The molecule has 158 valence electrons. The third-order valence-corrected chi connectivity index (χ3v) is 6.55. The van der Waals surface area contributed by atoms with Gasteiger partial charge in [0.25, 0.3) is 0 Å². The lowest BCUT2D eigenvalue weighted by molar-refractivity contribution is 0.0260. The maximum atomic E-state index is 13.3. The Morgan fingerprint density at radius 1 is 1.14 bits per heavy atom. The maximum absolute atomic E-state index is 13.3. The van der Waals surface area contributed by atoms with E-state index in [1.54, 1.807) is 43.9 Å². The van der Waals surface area contributed by atoms with E-state index in [2.05, 4.69) is 4.98 Å². The van der Waals surface area contributed by atoms with Crippen LogP contribution in [0.1, 0.15) is 27.2 Å². The first-order chi connectivity index (χ1) is 13.6. The Hall–Kier alpha value is -2.43. The zero-order valence-electron chi connectivity index (χ0n) is 16.8. The van der Waals surface area contributed by atoms with Crippen LogP contribution in [0.4, 0.5) is 10.6 Å². The molecule has 2 heterocycles. The number of nitrogens with zero attached hydrogens (tertiary/aromatic N) is 3. The van der Waals surface area contributed by atoms with Crippen molar-refractivity contribution < 1.29 is 23.2 Å². The SMILES string of the molecule is CC(C)(C)OC(=O)N1CCCN(S(=O)(=O)c2cccc3c(NO)nccc23)CC1. The molecule has 2 aromatic rings. The lowest BCUT2D eigenvalue weighted by atomic mass is 10.1. The van der Waals surface area contributed by atoms with E-state index >= 15 is 0 Å². The summed E-state index contributed by atoms with van der Waals surface area (Å²) in [6, 6.07) is 6.44. The van der Waals surface area contributed by atoms with Crippen molar-refractivity contribution in [2.24, 2.45) is 0 Å². The highest BCUT2D eigenvalue weighted by Gasteiger charge is 2.31. The van der Waals surface area contributed by atoms with Crippen LogP contribution in [0.15, 0.2) is 35.4 Å². The minimum atomic E-state index is -3.80. The molecule has 10 heteroatoms. The highest BCUT2D eigenvalue weighted by Crippen LogP contribution is 2.29. The van der Waals surface area contributed by atoms with Gasteiger partial charge in [-0.05, 0) is 39.3 Å². The van der Waals surface area contributed by atoms with Gasteiger partial charge >= 0.3 is 6.09 Å². The molecular formula is C19H26N4O5S. The van der Waals surface area contributed by atoms with Gasteiger partial charge in [0.2, 0.25) is 10.0 Å². The Morgan fingerprint density at radius 3 is 2.59 bits per heavy atom. The van der Waals surface area contributed by atoms with E-state index in [-0.39, 0.29) is 23.8 Å². The van der Waals surface area contributed by atoms with Crippen molar-refractivity contribution in [1.29, 1.82) is 0 Å². The van der Waals surface area contributed by atoms with Crippen molar-refractivity contribution in [3.05, 3.63) is 30.5 Å². The second kappa shape index (κ2) is 8.13. The summed E-state index contributed by atoms with van der Waals surface area (Å²) in [5.41, 5.74) is 1.39. The average molecular weight is 423 g/mol. The average Bonchev–Trinajstić information content (AvgIpc) is 2.92. The molecule has 29 heavy (non-hydrogen) atoms. The van der Waals surface area contributed by atoms with Gasteiger partial charge in [-0.3, -0.25) is 10.7 Å². The second-order valence-corrected chi connectivity index (χ2v) is 9.75. The molecule has 0 spiro atoms. The van der Waals surface area contributed by atoms with Crippen molar-refractivity contribution in [2.45, 2.75) is 37.7 Å². The van der Waals surface area contributed by atoms with Gasteiger partial charge in [-0.25, -0.2) is 18.2 Å². The summed E-state index contributed by atoms with van der Waals surface area (Å²) in [5.74, 6) is 0.187.